The Morgan fingerprint density at radius 1 is 0.636 bits per heavy atom. The van der Waals surface area contributed by atoms with Crippen molar-refractivity contribution in [1.82, 2.24) is 0 Å². The molecular formula is C10H11F11O. The predicted molar refractivity (Wildman–Crippen MR) is 51.6 cm³/mol. The third-order valence-corrected chi connectivity index (χ3v) is 2.51. The Morgan fingerprint density at radius 2 is 1.09 bits per heavy atom. The number of hydrogen-bond donors (Lipinski definition) is 0. The van der Waals surface area contributed by atoms with Gasteiger partial charge in [0.25, 0.3) is 0 Å². The molecule has 134 valence electrons. The van der Waals surface area contributed by atoms with Crippen LogP contribution in [0.5, 0.6) is 0 Å². The fourth-order valence-electron chi connectivity index (χ4n) is 1.21. The summed E-state index contributed by atoms with van der Waals surface area (Å²) in [6.07, 6.45) is -9.03. The fraction of sp³-hybridized carbons (Fsp3) is 1.00. The summed E-state index contributed by atoms with van der Waals surface area (Å²) in [7, 11) is 0. The lowest BCUT2D eigenvalue weighted by Crippen LogP contribution is -2.66. The molecule has 0 aliphatic heterocycles. The quantitative estimate of drug-likeness (QED) is 0.444. The highest BCUT2D eigenvalue weighted by molar-refractivity contribution is 5.06. The smallest absolute Gasteiger partial charge is 0.381 e. The molecule has 12 heteroatoms. The van der Waals surface area contributed by atoms with Gasteiger partial charge in [-0.2, -0.15) is 48.3 Å². The van der Waals surface area contributed by atoms with Crippen LogP contribution in [-0.4, -0.2) is 43.1 Å². The summed E-state index contributed by atoms with van der Waals surface area (Å²) in [5.74, 6) is -27.4. The van der Waals surface area contributed by atoms with Gasteiger partial charge in [-0.3, -0.25) is 0 Å². The van der Waals surface area contributed by atoms with E-state index in [9.17, 15) is 48.3 Å². The van der Waals surface area contributed by atoms with Gasteiger partial charge in [-0.05, 0) is 6.42 Å². The molecule has 0 saturated heterocycles. The van der Waals surface area contributed by atoms with Crippen molar-refractivity contribution < 1.29 is 53.0 Å². The average molecular weight is 356 g/mol. The standard InChI is InChI=1S/C10H11F11O/c1-2-4-22-5-3-6(11,12)7(13,14)8(15,16)9(17,18)10(19,20)21/h2-5H2,1H3. The largest absolute Gasteiger partial charge is 0.460 e. The van der Waals surface area contributed by atoms with Crippen LogP contribution in [-0.2, 0) is 4.74 Å². The Morgan fingerprint density at radius 3 is 1.45 bits per heavy atom. The second-order valence-electron chi connectivity index (χ2n) is 4.29. The summed E-state index contributed by atoms with van der Waals surface area (Å²) >= 11 is 0. The third-order valence-electron chi connectivity index (χ3n) is 2.51. The second kappa shape index (κ2) is 6.36. The van der Waals surface area contributed by atoms with E-state index in [0.29, 0.717) is 0 Å². The van der Waals surface area contributed by atoms with Gasteiger partial charge >= 0.3 is 29.9 Å². The predicted octanol–water partition coefficient (Wildman–Crippen LogP) is 4.91. The van der Waals surface area contributed by atoms with Crippen molar-refractivity contribution in [3.63, 3.8) is 0 Å². The first-order chi connectivity index (χ1) is 9.56. The van der Waals surface area contributed by atoms with Crippen LogP contribution in [0.3, 0.4) is 0 Å². The van der Waals surface area contributed by atoms with Crippen LogP contribution < -0.4 is 0 Å². The van der Waals surface area contributed by atoms with Gasteiger partial charge in [0.1, 0.15) is 0 Å². The van der Waals surface area contributed by atoms with Crippen LogP contribution in [0.4, 0.5) is 48.3 Å². The number of ether oxygens (including phenoxy) is 1. The minimum absolute atomic E-state index is 0.212. The van der Waals surface area contributed by atoms with E-state index in [-0.39, 0.29) is 13.0 Å². The zero-order valence-corrected chi connectivity index (χ0v) is 10.9. The highest BCUT2D eigenvalue weighted by atomic mass is 19.4. The first-order valence-electron chi connectivity index (χ1n) is 5.72. The van der Waals surface area contributed by atoms with Crippen LogP contribution in [0.15, 0.2) is 0 Å². The van der Waals surface area contributed by atoms with Crippen molar-refractivity contribution in [2.24, 2.45) is 0 Å². The summed E-state index contributed by atoms with van der Waals surface area (Å²) in [5, 5.41) is 0. The molecule has 0 unspecified atom stereocenters. The third kappa shape index (κ3) is 3.57. The van der Waals surface area contributed by atoms with Crippen molar-refractivity contribution >= 4 is 0 Å². The van der Waals surface area contributed by atoms with Gasteiger partial charge in [0, 0.05) is 13.0 Å². The Balaban J connectivity index is 5.41. The summed E-state index contributed by atoms with van der Waals surface area (Å²) < 4.78 is 142. The molecule has 0 aliphatic rings. The van der Waals surface area contributed by atoms with Crippen molar-refractivity contribution in [1.29, 1.82) is 0 Å². The fourth-order valence-corrected chi connectivity index (χ4v) is 1.21. The van der Waals surface area contributed by atoms with Gasteiger partial charge in [-0.1, -0.05) is 6.92 Å². The molecule has 0 fully saturated rings. The average Bonchev–Trinajstić information content (AvgIpc) is 2.32. The van der Waals surface area contributed by atoms with E-state index < -0.39 is 42.9 Å². The van der Waals surface area contributed by atoms with Crippen LogP contribution in [0, 0.1) is 0 Å². The van der Waals surface area contributed by atoms with Gasteiger partial charge in [0.05, 0.1) is 6.61 Å². The van der Waals surface area contributed by atoms with Gasteiger partial charge in [-0.15, -0.1) is 0 Å². The van der Waals surface area contributed by atoms with E-state index >= 15 is 0 Å². The number of halogens is 11. The molecule has 22 heavy (non-hydrogen) atoms. The second-order valence-corrected chi connectivity index (χ2v) is 4.29. The van der Waals surface area contributed by atoms with Crippen LogP contribution in [0.2, 0.25) is 0 Å². The Kier molecular flexibility index (Phi) is 6.13. The molecule has 0 atom stereocenters. The van der Waals surface area contributed by atoms with Gasteiger partial charge in [0.15, 0.2) is 0 Å². The molecule has 0 radical (unpaired) electrons. The summed E-state index contributed by atoms with van der Waals surface area (Å²) in [5.41, 5.74) is 0. The van der Waals surface area contributed by atoms with Crippen LogP contribution in [0.25, 0.3) is 0 Å². The van der Waals surface area contributed by atoms with E-state index in [0.717, 1.165) is 0 Å². The molecule has 0 aromatic rings. The maximum Gasteiger partial charge on any atom is 0.460 e. The van der Waals surface area contributed by atoms with E-state index in [2.05, 4.69) is 4.74 Å². The first-order valence-corrected chi connectivity index (χ1v) is 5.72. The Hall–Kier alpha value is -0.810. The minimum atomic E-state index is -7.34. The minimum Gasteiger partial charge on any atom is -0.381 e. The SMILES string of the molecule is CCCOCCC(F)(F)C(F)(F)C(F)(F)C(F)(F)C(F)(F)F. The topological polar surface area (TPSA) is 9.23 Å². The van der Waals surface area contributed by atoms with Crippen LogP contribution >= 0.6 is 0 Å². The van der Waals surface area contributed by atoms with E-state index in [1.165, 1.54) is 6.92 Å². The van der Waals surface area contributed by atoms with Gasteiger partial charge < -0.3 is 4.74 Å². The summed E-state index contributed by atoms with van der Waals surface area (Å²) in [6.45, 7) is 0.0611. The molecule has 0 amide bonds. The zero-order valence-electron chi connectivity index (χ0n) is 10.9. The molecule has 0 aliphatic carbocycles. The highest BCUT2D eigenvalue weighted by Crippen LogP contribution is 2.57. The molecular weight excluding hydrogens is 345 g/mol. The van der Waals surface area contributed by atoms with E-state index in [1.54, 1.807) is 0 Å². The van der Waals surface area contributed by atoms with Crippen molar-refractivity contribution in [3.8, 4) is 0 Å². The molecule has 0 rings (SSSR count). The maximum absolute atomic E-state index is 13.0. The van der Waals surface area contributed by atoms with Crippen LogP contribution in [0.1, 0.15) is 19.8 Å². The molecule has 0 saturated carbocycles. The molecule has 0 N–H and O–H groups in total. The lowest BCUT2D eigenvalue weighted by atomic mass is 9.96. The van der Waals surface area contributed by atoms with E-state index in [1.807, 2.05) is 0 Å². The lowest BCUT2D eigenvalue weighted by molar-refractivity contribution is -0.422. The van der Waals surface area contributed by atoms with Crippen molar-refractivity contribution in [2.45, 2.75) is 49.6 Å². The molecule has 0 aromatic carbocycles. The number of alkyl halides is 11. The maximum atomic E-state index is 13.0. The number of hydrogen-bond acceptors (Lipinski definition) is 1. The normalized spacial score (nSPS) is 15.3. The monoisotopic (exact) mass is 356 g/mol. The lowest BCUT2D eigenvalue weighted by Gasteiger charge is -2.37. The first kappa shape index (κ1) is 21.2. The Labute approximate surface area is 117 Å². The van der Waals surface area contributed by atoms with Crippen molar-refractivity contribution in [2.75, 3.05) is 13.2 Å². The van der Waals surface area contributed by atoms with Crippen molar-refractivity contribution in [3.05, 3.63) is 0 Å². The number of rotatable bonds is 8. The highest BCUT2D eigenvalue weighted by Gasteiger charge is 2.86. The summed E-state index contributed by atoms with van der Waals surface area (Å²) in [6, 6.07) is 0. The Bertz CT molecular complexity index is 360. The molecule has 0 spiro atoms. The molecule has 0 bridgehead atoms. The van der Waals surface area contributed by atoms with Gasteiger partial charge in [0.2, 0.25) is 0 Å². The zero-order chi connectivity index (χ0) is 18.0. The molecule has 0 aromatic heterocycles. The molecule has 1 nitrogen and oxygen atoms in total. The van der Waals surface area contributed by atoms with Gasteiger partial charge in [-0.25, -0.2) is 0 Å². The van der Waals surface area contributed by atoms with E-state index in [4.69, 9.17) is 0 Å². The summed E-state index contributed by atoms with van der Waals surface area (Å²) in [4.78, 5) is 0. The molecule has 0 heterocycles.